The van der Waals surface area contributed by atoms with Crippen molar-refractivity contribution in [2.24, 2.45) is 5.41 Å². The van der Waals surface area contributed by atoms with Gasteiger partial charge in [-0.05, 0) is 44.0 Å². The number of amides is 2. The smallest absolute Gasteiger partial charge is 0.319 e. The molecule has 0 bridgehead atoms. The Morgan fingerprint density at radius 1 is 1.35 bits per heavy atom. The Balaban J connectivity index is 2.66. The molecule has 1 aromatic carbocycles. The maximum absolute atomic E-state index is 11.8. The fourth-order valence-electron chi connectivity index (χ4n) is 1.52. The third-order valence-corrected chi connectivity index (χ3v) is 3.46. The summed E-state index contributed by atoms with van der Waals surface area (Å²) in [6.45, 7) is 5.18. The van der Waals surface area contributed by atoms with Gasteiger partial charge in [0.1, 0.15) is 0 Å². The third-order valence-electron chi connectivity index (χ3n) is 2.97. The lowest BCUT2D eigenvalue weighted by Gasteiger charge is -2.20. The van der Waals surface area contributed by atoms with E-state index in [1.54, 1.807) is 13.8 Å². The molecule has 0 atom stereocenters. The first-order valence-corrected chi connectivity index (χ1v) is 7.12. The van der Waals surface area contributed by atoms with Crippen molar-refractivity contribution < 1.29 is 14.7 Å². The lowest BCUT2D eigenvalue weighted by molar-refractivity contribution is -0.146. The maximum Gasteiger partial charge on any atom is 0.319 e. The van der Waals surface area contributed by atoms with Crippen LogP contribution in [0.15, 0.2) is 22.7 Å². The van der Waals surface area contributed by atoms with E-state index in [-0.39, 0.29) is 6.54 Å². The van der Waals surface area contributed by atoms with Gasteiger partial charge in [-0.1, -0.05) is 22.9 Å². The van der Waals surface area contributed by atoms with Crippen molar-refractivity contribution in [3.63, 3.8) is 0 Å². The normalized spacial score (nSPS) is 11.0. The van der Waals surface area contributed by atoms with Crippen LogP contribution in [0.1, 0.15) is 26.3 Å². The summed E-state index contributed by atoms with van der Waals surface area (Å²) in [6, 6.07) is 5.19. The molecule has 0 heterocycles. The van der Waals surface area contributed by atoms with Gasteiger partial charge in [0.05, 0.1) is 5.41 Å². The highest BCUT2D eigenvalue weighted by atomic mass is 79.9. The zero-order chi connectivity index (χ0) is 15.3. The number of carbonyl (C=O) groups is 2. The second-order valence-corrected chi connectivity index (χ2v) is 6.07. The molecule has 6 heteroatoms. The minimum atomic E-state index is -0.995. The van der Waals surface area contributed by atoms with Crippen LogP contribution in [0.25, 0.3) is 0 Å². The number of carboxylic acids is 1. The van der Waals surface area contributed by atoms with Crippen LogP contribution in [0.3, 0.4) is 0 Å². The quantitative estimate of drug-likeness (QED) is 0.768. The molecule has 0 radical (unpaired) electrons. The molecular formula is C14H19BrN2O3. The van der Waals surface area contributed by atoms with Gasteiger partial charge in [-0.25, -0.2) is 4.79 Å². The summed E-state index contributed by atoms with van der Waals surface area (Å²) in [7, 11) is 0. The number of carbonyl (C=O) groups excluding carboxylic acids is 1. The number of rotatable bonds is 5. The van der Waals surface area contributed by atoms with Crippen LogP contribution in [-0.4, -0.2) is 23.7 Å². The number of hydrogen-bond donors (Lipinski definition) is 3. The van der Waals surface area contributed by atoms with E-state index >= 15 is 0 Å². The molecule has 3 N–H and O–H groups in total. The lowest BCUT2D eigenvalue weighted by atomic mass is 9.94. The molecule has 0 aliphatic rings. The zero-order valence-corrected chi connectivity index (χ0v) is 13.4. The van der Waals surface area contributed by atoms with Gasteiger partial charge in [0.25, 0.3) is 0 Å². The molecule has 0 saturated heterocycles. The summed E-state index contributed by atoms with van der Waals surface area (Å²) < 4.78 is 0.951. The molecule has 0 saturated carbocycles. The minimum Gasteiger partial charge on any atom is -0.481 e. The van der Waals surface area contributed by atoms with E-state index < -0.39 is 17.4 Å². The van der Waals surface area contributed by atoms with E-state index in [1.165, 1.54) is 0 Å². The first-order chi connectivity index (χ1) is 9.26. The Kier molecular flexibility index (Phi) is 5.56. The second kappa shape index (κ2) is 6.74. The van der Waals surface area contributed by atoms with Crippen molar-refractivity contribution in [3.05, 3.63) is 28.2 Å². The summed E-state index contributed by atoms with van der Waals surface area (Å²) in [4.78, 5) is 22.8. The first-order valence-electron chi connectivity index (χ1n) is 6.33. The first kappa shape index (κ1) is 16.5. The fraction of sp³-hybridized carbons (Fsp3) is 0.429. The molecule has 0 aliphatic carbocycles. The molecule has 110 valence electrons. The summed E-state index contributed by atoms with van der Waals surface area (Å²) in [5.74, 6) is -0.948. The molecule has 2 amide bonds. The molecule has 0 spiro atoms. The summed E-state index contributed by atoms with van der Waals surface area (Å²) in [5.41, 5.74) is 0.735. The number of aryl methyl sites for hydroxylation is 1. The predicted molar refractivity (Wildman–Crippen MR) is 82.0 cm³/mol. The topological polar surface area (TPSA) is 78.4 Å². The van der Waals surface area contributed by atoms with Gasteiger partial charge in [0.15, 0.2) is 0 Å². The standard InChI is InChI=1S/C14H19BrN2O3/c1-4-9-7-10(15)5-6-11(9)17-13(20)16-8-14(2,3)12(18)19/h5-7H,4,8H2,1-3H3,(H,18,19)(H2,16,17,20). The average molecular weight is 343 g/mol. The van der Waals surface area contributed by atoms with Gasteiger partial charge < -0.3 is 15.7 Å². The predicted octanol–water partition coefficient (Wildman–Crippen LogP) is 3.24. The Morgan fingerprint density at radius 3 is 2.55 bits per heavy atom. The number of hydrogen-bond acceptors (Lipinski definition) is 2. The Hall–Kier alpha value is -1.56. The monoisotopic (exact) mass is 342 g/mol. The number of benzene rings is 1. The van der Waals surface area contributed by atoms with Crippen molar-refractivity contribution in [3.8, 4) is 0 Å². The van der Waals surface area contributed by atoms with Gasteiger partial charge in [-0.15, -0.1) is 0 Å². The Labute approximate surface area is 126 Å². The van der Waals surface area contributed by atoms with Crippen molar-refractivity contribution in [2.45, 2.75) is 27.2 Å². The highest BCUT2D eigenvalue weighted by molar-refractivity contribution is 9.10. The average Bonchev–Trinajstić information content (AvgIpc) is 2.38. The molecule has 20 heavy (non-hydrogen) atoms. The molecular weight excluding hydrogens is 324 g/mol. The largest absolute Gasteiger partial charge is 0.481 e. The van der Waals surface area contributed by atoms with Crippen molar-refractivity contribution in [1.29, 1.82) is 0 Å². The minimum absolute atomic E-state index is 0.0617. The molecule has 0 unspecified atom stereocenters. The number of urea groups is 1. The molecule has 1 aromatic rings. The van der Waals surface area contributed by atoms with E-state index in [9.17, 15) is 9.59 Å². The number of nitrogens with one attached hydrogen (secondary N) is 2. The van der Waals surface area contributed by atoms with E-state index in [2.05, 4.69) is 26.6 Å². The van der Waals surface area contributed by atoms with Crippen LogP contribution >= 0.6 is 15.9 Å². The third kappa shape index (κ3) is 4.52. The highest BCUT2D eigenvalue weighted by Crippen LogP contribution is 2.21. The van der Waals surface area contributed by atoms with Crippen molar-refractivity contribution in [2.75, 3.05) is 11.9 Å². The number of carboxylic acid groups (broad SMARTS) is 1. The van der Waals surface area contributed by atoms with Crippen molar-refractivity contribution >= 4 is 33.6 Å². The van der Waals surface area contributed by atoms with Gasteiger partial charge in [0, 0.05) is 16.7 Å². The summed E-state index contributed by atoms with van der Waals surface area (Å²) in [6.07, 6.45) is 0.787. The molecule has 5 nitrogen and oxygen atoms in total. The van der Waals surface area contributed by atoms with E-state index in [0.717, 1.165) is 22.1 Å². The zero-order valence-electron chi connectivity index (χ0n) is 11.8. The lowest BCUT2D eigenvalue weighted by Crippen LogP contribution is -2.40. The number of aliphatic carboxylic acids is 1. The van der Waals surface area contributed by atoms with Crippen LogP contribution < -0.4 is 10.6 Å². The summed E-state index contributed by atoms with van der Waals surface area (Å²) >= 11 is 3.38. The Morgan fingerprint density at radius 2 is 2.00 bits per heavy atom. The van der Waals surface area contributed by atoms with Crippen LogP contribution in [0.2, 0.25) is 0 Å². The van der Waals surface area contributed by atoms with Gasteiger partial charge in [-0.2, -0.15) is 0 Å². The van der Waals surface area contributed by atoms with Crippen LogP contribution in [0, 0.1) is 5.41 Å². The fourth-order valence-corrected chi connectivity index (χ4v) is 1.93. The van der Waals surface area contributed by atoms with Crippen LogP contribution in [-0.2, 0) is 11.2 Å². The van der Waals surface area contributed by atoms with Crippen LogP contribution in [0.5, 0.6) is 0 Å². The van der Waals surface area contributed by atoms with Crippen LogP contribution in [0.4, 0.5) is 10.5 Å². The highest BCUT2D eigenvalue weighted by Gasteiger charge is 2.27. The summed E-state index contributed by atoms with van der Waals surface area (Å²) in [5, 5.41) is 14.3. The molecule has 0 aliphatic heterocycles. The van der Waals surface area contributed by atoms with E-state index in [4.69, 9.17) is 5.11 Å². The van der Waals surface area contributed by atoms with E-state index in [0.29, 0.717) is 0 Å². The van der Waals surface area contributed by atoms with Crippen molar-refractivity contribution in [1.82, 2.24) is 5.32 Å². The SMILES string of the molecule is CCc1cc(Br)ccc1NC(=O)NCC(C)(C)C(=O)O. The number of halogens is 1. The Bertz CT molecular complexity index is 515. The second-order valence-electron chi connectivity index (χ2n) is 5.15. The molecule has 0 aromatic heterocycles. The van der Waals surface area contributed by atoms with Gasteiger partial charge in [-0.3, -0.25) is 4.79 Å². The van der Waals surface area contributed by atoms with Gasteiger partial charge in [0.2, 0.25) is 0 Å². The van der Waals surface area contributed by atoms with Gasteiger partial charge >= 0.3 is 12.0 Å². The molecule has 1 rings (SSSR count). The number of anilines is 1. The maximum atomic E-state index is 11.8. The molecule has 0 fully saturated rings. The van der Waals surface area contributed by atoms with E-state index in [1.807, 2.05) is 25.1 Å².